The third kappa shape index (κ3) is 4.65. The van der Waals surface area contributed by atoms with Gasteiger partial charge in [0.2, 0.25) is 0 Å². The summed E-state index contributed by atoms with van der Waals surface area (Å²) in [5, 5.41) is 13.8. The van der Waals surface area contributed by atoms with E-state index in [1.165, 1.54) is 6.21 Å². The normalized spacial score (nSPS) is 10.9. The summed E-state index contributed by atoms with van der Waals surface area (Å²) in [6, 6.07) is 8.60. The van der Waals surface area contributed by atoms with Crippen LogP contribution in [0.5, 0.6) is 5.75 Å². The fourth-order valence-electron chi connectivity index (χ4n) is 1.59. The maximum Gasteiger partial charge on any atom is 0.271 e. The van der Waals surface area contributed by atoms with Crippen molar-refractivity contribution in [1.29, 1.82) is 0 Å². The minimum absolute atomic E-state index is 0.0476. The van der Waals surface area contributed by atoms with Crippen LogP contribution in [0.1, 0.15) is 15.9 Å². The fourth-order valence-corrected chi connectivity index (χ4v) is 4.15. The smallest absolute Gasteiger partial charge is 0.271 e. The van der Waals surface area contributed by atoms with Crippen LogP contribution in [0.2, 0.25) is 0 Å². The number of hydrogen-bond acceptors (Lipinski definition) is 3. The summed E-state index contributed by atoms with van der Waals surface area (Å²) in [4.78, 5) is 12.0. The molecule has 0 saturated carbocycles. The maximum atomic E-state index is 12.0. The molecule has 1 amide bonds. The van der Waals surface area contributed by atoms with Crippen molar-refractivity contribution in [2.75, 3.05) is 0 Å². The van der Waals surface area contributed by atoms with E-state index in [0.29, 0.717) is 15.6 Å². The second kappa shape index (κ2) is 7.72. The SMILES string of the molecule is O=C(N/N=C/c1cc(Br)cc(Br)c1O)c1cc(Br)cc(Br)c1. The lowest BCUT2D eigenvalue weighted by atomic mass is 10.2. The molecule has 0 aromatic heterocycles. The highest BCUT2D eigenvalue weighted by Gasteiger charge is 2.08. The summed E-state index contributed by atoms with van der Waals surface area (Å²) < 4.78 is 2.88. The van der Waals surface area contributed by atoms with E-state index in [4.69, 9.17) is 0 Å². The van der Waals surface area contributed by atoms with Crippen LogP contribution < -0.4 is 5.43 Å². The van der Waals surface area contributed by atoms with Crippen LogP contribution in [-0.2, 0) is 0 Å². The number of aromatic hydroxyl groups is 1. The number of rotatable bonds is 3. The Balaban J connectivity index is 2.14. The molecule has 2 rings (SSSR count). The van der Waals surface area contributed by atoms with E-state index in [1.54, 1.807) is 24.3 Å². The van der Waals surface area contributed by atoms with Gasteiger partial charge in [0.15, 0.2) is 0 Å². The first-order valence-electron chi connectivity index (χ1n) is 5.84. The molecule has 2 aromatic rings. The number of nitrogens with one attached hydrogen (secondary N) is 1. The van der Waals surface area contributed by atoms with E-state index < -0.39 is 0 Å². The van der Waals surface area contributed by atoms with Crippen molar-refractivity contribution >= 4 is 75.8 Å². The van der Waals surface area contributed by atoms with E-state index >= 15 is 0 Å². The average molecular weight is 556 g/mol. The standard InChI is InChI=1S/C14H8Br4N2O2/c15-9-1-7(2-10(16)4-9)14(22)20-19-6-8-3-11(17)5-12(18)13(8)21/h1-6,21H,(H,20,22)/b19-6+. The molecule has 2 N–H and O–H groups in total. The highest BCUT2D eigenvalue weighted by Crippen LogP contribution is 2.30. The number of nitrogens with zero attached hydrogens (tertiary/aromatic N) is 1. The van der Waals surface area contributed by atoms with Crippen LogP contribution in [0, 0.1) is 0 Å². The number of halogens is 4. The third-order valence-corrected chi connectivity index (χ3v) is 4.53. The Labute approximate surface area is 160 Å². The van der Waals surface area contributed by atoms with Crippen molar-refractivity contribution < 1.29 is 9.90 Å². The van der Waals surface area contributed by atoms with Gasteiger partial charge in [0.1, 0.15) is 5.75 Å². The summed E-state index contributed by atoms with van der Waals surface area (Å²) in [6.45, 7) is 0. The first-order valence-corrected chi connectivity index (χ1v) is 9.01. The predicted molar refractivity (Wildman–Crippen MR) is 100 cm³/mol. The number of amides is 1. The minimum Gasteiger partial charge on any atom is -0.506 e. The highest BCUT2D eigenvalue weighted by atomic mass is 79.9. The zero-order valence-corrected chi connectivity index (χ0v) is 17.1. The van der Waals surface area contributed by atoms with Crippen molar-refractivity contribution in [3.05, 3.63) is 59.3 Å². The molecule has 2 aromatic carbocycles. The first kappa shape index (κ1) is 17.7. The lowest BCUT2D eigenvalue weighted by Crippen LogP contribution is -2.17. The van der Waals surface area contributed by atoms with E-state index in [1.807, 2.05) is 6.07 Å². The molecule has 0 unspecified atom stereocenters. The van der Waals surface area contributed by atoms with Crippen LogP contribution in [0.15, 0.2) is 53.3 Å². The quantitative estimate of drug-likeness (QED) is 0.404. The van der Waals surface area contributed by atoms with Gasteiger partial charge in [-0.15, -0.1) is 0 Å². The molecule has 114 valence electrons. The summed E-state index contributed by atoms with van der Waals surface area (Å²) in [5.41, 5.74) is 3.34. The van der Waals surface area contributed by atoms with Crippen molar-refractivity contribution in [3.63, 3.8) is 0 Å². The number of carbonyl (C=O) groups is 1. The van der Waals surface area contributed by atoms with Gasteiger partial charge in [0.05, 0.1) is 10.7 Å². The molecule has 4 nitrogen and oxygen atoms in total. The number of hydrazone groups is 1. The molecule has 0 saturated heterocycles. The number of hydrogen-bond donors (Lipinski definition) is 2. The van der Waals surface area contributed by atoms with Crippen LogP contribution in [0.3, 0.4) is 0 Å². The fraction of sp³-hybridized carbons (Fsp3) is 0. The Morgan fingerprint density at radius 3 is 2.23 bits per heavy atom. The number of benzene rings is 2. The summed E-state index contributed by atoms with van der Waals surface area (Å²) in [6.07, 6.45) is 1.37. The van der Waals surface area contributed by atoms with Crippen LogP contribution >= 0.6 is 63.7 Å². The van der Waals surface area contributed by atoms with Gasteiger partial charge in [-0.3, -0.25) is 4.79 Å². The number of carbonyl (C=O) groups excluding carboxylic acids is 1. The maximum absolute atomic E-state index is 12.0. The highest BCUT2D eigenvalue weighted by molar-refractivity contribution is 9.11. The van der Waals surface area contributed by atoms with Gasteiger partial charge in [-0.05, 0) is 46.3 Å². The predicted octanol–water partition coefficient (Wildman–Crippen LogP) is 5.21. The van der Waals surface area contributed by atoms with Gasteiger partial charge in [0, 0.05) is 24.5 Å². The molecule has 0 bridgehead atoms. The molecular formula is C14H8Br4N2O2. The van der Waals surface area contributed by atoms with Gasteiger partial charge in [-0.25, -0.2) is 5.43 Å². The van der Waals surface area contributed by atoms with Crippen molar-refractivity contribution in [3.8, 4) is 5.75 Å². The molecule has 0 aliphatic carbocycles. The largest absolute Gasteiger partial charge is 0.506 e. The van der Waals surface area contributed by atoms with Crippen molar-refractivity contribution in [1.82, 2.24) is 5.43 Å². The summed E-state index contributed by atoms with van der Waals surface area (Å²) >= 11 is 13.2. The molecular weight excluding hydrogens is 548 g/mol. The second-order valence-corrected chi connectivity index (χ2v) is 7.78. The van der Waals surface area contributed by atoms with Crippen molar-refractivity contribution in [2.24, 2.45) is 5.10 Å². The summed E-state index contributed by atoms with van der Waals surface area (Å²) in [7, 11) is 0. The summed E-state index contributed by atoms with van der Waals surface area (Å²) in [5.74, 6) is -0.307. The van der Waals surface area contributed by atoms with Crippen LogP contribution in [-0.4, -0.2) is 17.2 Å². The van der Waals surface area contributed by atoms with E-state index in [-0.39, 0.29) is 11.7 Å². The molecule has 0 fully saturated rings. The number of phenolic OH excluding ortho intramolecular Hbond substituents is 1. The first-order chi connectivity index (χ1) is 10.4. The molecule has 0 spiro atoms. The Morgan fingerprint density at radius 1 is 1.00 bits per heavy atom. The van der Waals surface area contributed by atoms with E-state index in [0.717, 1.165) is 13.4 Å². The van der Waals surface area contributed by atoms with Crippen LogP contribution in [0.25, 0.3) is 0 Å². The molecule has 0 aliphatic heterocycles. The van der Waals surface area contributed by atoms with Gasteiger partial charge >= 0.3 is 0 Å². The topological polar surface area (TPSA) is 61.7 Å². The van der Waals surface area contributed by atoms with Gasteiger partial charge in [-0.2, -0.15) is 5.10 Å². The zero-order valence-electron chi connectivity index (χ0n) is 10.8. The molecule has 0 heterocycles. The average Bonchev–Trinajstić information content (AvgIpc) is 2.42. The minimum atomic E-state index is -0.355. The van der Waals surface area contributed by atoms with Gasteiger partial charge in [0.25, 0.3) is 5.91 Å². The molecule has 0 aliphatic rings. The van der Waals surface area contributed by atoms with Crippen molar-refractivity contribution in [2.45, 2.75) is 0 Å². The van der Waals surface area contributed by atoms with Crippen LogP contribution in [0.4, 0.5) is 0 Å². The van der Waals surface area contributed by atoms with Gasteiger partial charge < -0.3 is 5.11 Å². The second-order valence-electron chi connectivity index (χ2n) is 4.18. The van der Waals surface area contributed by atoms with E-state index in [2.05, 4.69) is 74.2 Å². The zero-order chi connectivity index (χ0) is 16.3. The Hall–Kier alpha value is -0.700. The lowest BCUT2D eigenvalue weighted by molar-refractivity contribution is 0.0955. The Morgan fingerprint density at radius 2 is 1.59 bits per heavy atom. The number of phenols is 1. The molecule has 22 heavy (non-hydrogen) atoms. The molecule has 0 atom stereocenters. The third-order valence-electron chi connectivity index (χ3n) is 2.55. The van der Waals surface area contributed by atoms with Gasteiger partial charge in [-0.1, -0.05) is 47.8 Å². The molecule has 0 radical (unpaired) electrons. The molecule has 8 heteroatoms. The Bertz CT molecular complexity index is 742. The lowest BCUT2D eigenvalue weighted by Gasteiger charge is -2.04. The monoisotopic (exact) mass is 552 g/mol. The van der Waals surface area contributed by atoms with E-state index in [9.17, 15) is 9.90 Å². The Kier molecular flexibility index (Phi) is 6.19.